The summed E-state index contributed by atoms with van der Waals surface area (Å²) in [7, 11) is 0. The van der Waals surface area contributed by atoms with Crippen molar-refractivity contribution in [2.75, 3.05) is 6.54 Å². The standard InChI is InChI=1S/C19H23N/c1-15-9-10-19(13-16(15)2)11-12-20-17(3)14-18-7-5-4-6-8-18/h4-10,13,20H,3,11-12,14H2,1-2H3. The number of allylic oxidation sites excluding steroid dienone is 1. The van der Waals surface area contributed by atoms with Crippen molar-refractivity contribution in [3.63, 3.8) is 0 Å². The van der Waals surface area contributed by atoms with E-state index in [1.807, 2.05) is 6.07 Å². The Balaban J connectivity index is 1.78. The minimum absolute atomic E-state index is 0.897. The Bertz CT molecular complexity index is 570. The van der Waals surface area contributed by atoms with Gasteiger partial charge in [-0.25, -0.2) is 0 Å². The van der Waals surface area contributed by atoms with E-state index in [2.05, 4.69) is 68.2 Å². The van der Waals surface area contributed by atoms with Crippen molar-refractivity contribution in [2.45, 2.75) is 26.7 Å². The van der Waals surface area contributed by atoms with Crippen LogP contribution in [0.1, 0.15) is 22.3 Å². The van der Waals surface area contributed by atoms with E-state index in [9.17, 15) is 0 Å². The summed E-state index contributed by atoms with van der Waals surface area (Å²) < 4.78 is 0. The molecule has 1 nitrogen and oxygen atoms in total. The van der Waals surface area contributed by atoms with Gasteiger partial charge in [0.1, 0.15) is 0 Å². The highest BCUT2D eigenvalue weighted by molar-refractivity contribution is 5.30. The number of benzene rings is 2. The topological polar surface area (TPSA) is 12.0 Å². The fourth-order valence-electron chi connectivity index (χ4n) is 2.25. The Labute approximate surface area is 122 Å². The zero-order valence-electron chi connectivity index (χ0n) is 12.4. The van der Waals surface area contributed by atoms with Crippen LogP contribution in [0.25, 0.3) is 0 Å². The molecule has 1 N–H and O–H groups in total. The second-order valence-electron chi connectivity index (χ2n) is 5.36. The van der Waals surface area contributed by atoms with E-state index in [1.165, 1.54) is 22.3 Å². The van der Waals surface area contributed by atoms with E-state index in [0.29, 0.717) is 0 Å². The third-order valence-electron chi connectivity index (χ3n) is 3.62. The van der Waals surface area contributed by atoms with Crippen molar-refractivity contribution >= 4 is 0 Å². The van der Waals surface area contributed by atoms with Gasteiger partial charge in [0.15, 0.2) is 0 Å². The summed E-state index contributed by atoms with van der Waals surface area (Å²) >= 11 is 0. The van der Waals surface area contributed by atoms with Gasteiger partial charge in [-0.3, -0.25) is 0 Å². The van der Waals surface area contributed by atoms with Gasteiger partial charge in [0.25, 0.3) is 0 Å². The molecular formula is C19H23N. The maximum absolute atomic E-state index is 4.10. The van der Waals surface area contributed by atoms with Crippen LogP contribution in [0, 0.1) is 13.8 Å². The predicted octanol–water partition coefficient (Wildman–Crippen LogP) is 4.19. The molecule has 0 bridgehead atoms. The van der Waals surface area contributed by atoms with E-state index < -0.39 is 0 Å². The van der Waals surface area contributed by atoms with E-state index in [4.69, 9.17) is 0 Å². The predicted molar refractivity (Wildman–Crippen MR) is 86.9 cm³/mol. The second kappa shape index (κ2) is 6.95. The van der Waals surface area contributed by atoms with Gasteiger partial charge in [-0.2, -0.15) is 0 Å². The summed E-state index contributed by atoms with van der Waals surface area (Å²) in [4.78, 5) is 0. The maximum Gasteiger partial charge on any atom is 0.0184 e. The summed E-state index contributed by atoms with van der Waals surface area (Å²) in [6, 6.07) is 17.1. The average molecular weight is 265 g/mol. The van der Waals surface area contributed by atoms with Crippen molar-refractivity contribution in [1.82, 2.24) is 5.32 Å². The van der Waals surface area contributed by atoms with E-state index in [1.54, 1.807) is 0 Å². The molecular weight excluding hydrogens is 242 g/mol. The molecule has 0 heterocycles. The molecule has 0 unspecified atom stereocenters. The first-order chi connectivity index (χ1) is 9.65. The number of hydrogen-bond donors (Lipinski definition) is 1. The Morgan fingerprint density at radius 3 is 2.40 bits per heavy atom. The molecule has 2 aromatic rings. The van der Waals surface area contributed by atoms with E-state index >= 15 is 0 Å². The van der Waals surface area contributed by atoms with Crippen LogP contribution in [0.5, 0.6) is 0 Å². The zero-order chi connectivity index (χ0) is 14.4. The molecule has 20 heavy (non-hydrogen) atoms. The highest BCUT2D eigenvalue weighted by Crippen LogP contribution is 2.10. The lowest BCUT2D eigenvalue weighted by molar-refractivity contribution is 0.767. The Morgan fingerprint density at radius 2 is 1.70 bits per heavy atom. The SMILES string of the molecule is C=C(Cc1ccccc1)NCCc1ccc(C)c(C)c1. The summed E-state index contributed by atoms with van der Waals surface area (Å²) in [6.07, 6.45) is 1.93. The van der Waals surface area contributed by atoms with Gasteiger partial charge in [0.2, 0.25) is 0 Å². The maximum atomic E-state index is 4.10. The molecule has 0 spiro atoms. The van der Waals surface area contributed by atoms with Gasteiger partial charge in [-0.15, -0.1) is 0 Å². The van der Waals surface area contributed by atoms with Crippen LogP contribution >= 0.6 is 0 Å². The van der Waals surface area contributed by atoms with Gasteiger partial charge in [-0.05, 0) is 42.5 Å². The summed E-state index contributed by atoms with van der Waals surface area (Å²) in [5, 5.41) is 3.42. The van der Waals surface area contributed by atoms with Crippen LogP contribution < -0.4 is 5.32 Å². The van der Waals surface area contributed by atoms with Crippen LogP contribution in [0.2, 0.25) is 0 Å². The first-order valence-corrected chi connectivity index (χ1v) is 7.17. The lowest BCUT2D eigenvalue weighted by atomic mass is 10.0. The zero-order valence-corrected chi connectivity index (χ0v) is 12.4. The smallest absolute Gasteiger partial charge is 0.0184 e. The molecule has 0 atom stereocenters. The van der Waals surface area contributed by atoms with Crippen LogP contribution in [-0.4, -0.2) is 6.54 Å². The minimum atomic E-state index is 0.897. The lowest BCUT2D eigenvalue weighted by Gasteiger charge is -2.10. The molecule has 2 rings (SSSR count). The molecule has 0 saturated carbocycles. The van der Waals surface area contributed by atoms with Crippen molar-refractivity contribution in [3.8, 4) is 0 Å². The monoisotopic (exact) mass is 265 g/mol. The van der Waals surface area contributed by atoms with Crippen molar-refractivity contribution < 1.29 is 0 Å². The van der Waals surface area contributed by atoms with Crippen LogP contribution in [0.3, 0.4) is 0 Å². The molecule has 1 heteroatoms. The molecule has 0 aromatic heterocycles. The van der Waals surface area contributed by atoms with E-state index in [-0.39, 0.29) is 0 Å². The molecule has 0 aliphatic carbocycles. The summed E-state index contributed by atoms with van der Waals surface area (Å²) in [5.74, 6) is 0. The fourth-order valence-corrected chi connectivity index (χ4v) is 2.25. The third kappa shape index (κ3) is 4.27. The number of rotatable bonds is 6. The van der Waals surface area contributed by atoms with Gasteiger partial charge >= 0.3 is 0 Å². The molecule has 0 aliphatic heterocycles. The molecule has 0 aliphatic rings. The van der Waals surface area contributed by atoms with Crippen molar-refractivity contribution in [1.29, 1.82) is 0 Å². The Kier molecular flexibility index (Phi) is 5.00. The number of aryl methyl sites for hydroxylation is 2. The quantitative estimate of drug-likeness (QED) is 0.825. The number of nitrogens with one attached hydrogen (secondary N) is 1. The van der Waals surface area contributed by atoms with E-state index in [0.717, 1.165) is 25.1 Å². The third-order valence-corrected chi connectivity index (χ3v) is 3.62. The molecule has 104 valence electrons. The second-order valence-corrected chi connectivity index (χ2v) is 5.36. The first kappa shape index (κ1) is 14.4. The lowest BCUT2D eigenvalue weighted by Crippen LogP contribution is -2.17. The fraction of sp³-hybridized carbons (Fsp3) is 0.263. The number of hydrogen-bond acceptors (Lipinski definition) is 1. The summed E-state index contributed by atoms with van der Waals surface area (Å²) in [5.41, 5.74) is 6.49. The first-order valence-electron chi connectivity index (χ1n) is 7.17. The molecule has 2 aromatic carbocycles. The van der Waals surface area contributed by atoms with Gasteiger partial charge in [0.05, 0.1) is 0 Å². The molecule has 0 saturated heterocycles. The van der Waals surface area contributed by atoms with Crippen LogP contribution in [0.15, 0.2) is 60.8 Å². The van der Waals surface area contributed by atoms with Crippen LogP contribution in [0.4, 0.5) is 0 Å². The Hall–Kier alpha value is -2.02. The van der Waals surface area contributed by atoms with Crippen LogP contribution in [-0.2, 0) is 12.8 Å². The highest BCUT2D eigenvalue weighted by Gasteiger charge is 1.99. The highest BCUT2D eigenvalue weighted by atomic mass is 14.9. The largest absolute Gasteiger partial charge is 0.388 e. The molecule has 0 amide bonds. The molecule has 0 fully saturated rings. The molecule has 0 radical (unpaired) electrons. The normalized spacial score (nSPS) is 10.3. The minimum Gasteiger partial charge on any atom is -0.388 e. The Morgan fingerprint density at radius 1 is 0.950 bits per heavy atom. The van der Waals surface area contributed by atoms with Gasteiger partial charge in [-0.1, -0.05) is 55.1 Å². The van der Waals surface area contributed by atoms with Gasteiger partial charge < -0.3 is 5.32 Å². The van der Waals surface area contributed by atoms with Crippen molar-refractivity contribution in [2.24, 2.45) is 0 Å². The van der Waals surface area contributed by atoms with Crippen molar-refractivity contribution in [3.05, 3.63) is 83.1 Å². The van der Waals surface area contributed by atoms with Gasteiger partial charge in [0, 0.05) is 18.7 Å². The average Bonchev–Trinajstić information content (AvgIpc) is 2.44. The summed E-state index contributed by atoms with van der Waals surface area (Å²) in [6.45, 7) is 9.36.